The fraction of sp³-hybridized carbons (Fsp3) is 0.222. The van der Waals surface area contributed by atoms with Crippen molar-refractivity contribution in [1.82, 2.24) is 9.97 Å². The summed E-state index contributed by atoms with van der Waals surface area (Å²) in [5.41, 5.74) is 2.06. The van der Waals surface area contributed by atoms with Crippen LogP contribution < -0.4 is 10.6 Å². The summed E-state index contributed by atoms with van der Waals surface area (Å²) < 4.78 is 0. The third kappa shape index (κ3) is 4.54. The number of aryl methyl sites for hydroxylation is 1. The van der Waals surface area contributed by atoms with E-state index >= 15 is 0 Å². The Morgan fingerprint density at radius 2 is 1.85 bits per heavy atom. The zero-order valence-electron chi connectivity index (χ0n) is 14.3. The Morgan fingerprint density at radius 1 is 1.12 bits per heavy atom. The van der Waals surface area contributed by atoms with Crippen molar-refractivity contribution < 1.29 is 4.92 Å². The minimum atomic E-state index is -0.453. The number of aromatic nitrogens is 2. The first-order valence-corrected chi connectivity index (χ1v) is 9.06. The van der Waals surface area contributed by atoms with Crippen LogP contribution in [0.3, 0.4) is 0 Å². The number of nitro groups is 1. The van der Waals surface area contributed by atoms with Crippen molar-refractivity contribution in [3.8, 4) is 0 Å². The van der Waals surface area contributed by atoms with Gasteiger partial charge >= 0.3 is 5.69 Å². The molecule has 3 rings (SSSR count). The molecule has 2 heterocycles. The van der Waals surface area contributed by atoms with E-state index in [1.807, 2.05) is 48.7 Å². The molecule has 1 aromatic carbocycles. The van der Waals surface area contributed by atoms with E-state index in [1.54, 1.807) is 11.3 Å². The number of hydrogen-bond acceptors (Lipinski definition) is 7. The van der Waals surface area contributed by atoms with E-state index in [1.165, 1.54) is 16.8 Å². The summed E-state index contributed by atoms with van der Waals surface area (Å²) in [7, 11) is 0. The fourth-order valence-electron chi connectivity index (χ4n) is 2.46. The highest BCUT2D eigenvalue weighted by atomic mass is 32.1. The first kappa shape index (κ1) is 17.8. The molecule has 0 aliphatic rings. The van der Waals surface area contributed by atoms with Gasteiger partial charge in [0.1, 0.15) is 6.33 Å². The Hall–Kier alpha value is -3.00. The maximum atomic E-state index is 11.5. The average Bonchev–Trinajstić information content (AvgIpc) is 3.14. The van der Waals surface area contributed by atoms with Crippen LogP contribution in [0.5, 0.6) is 0 Å². The van der Waals surface area contributed by atoms with Crippen LogP contribution in [0.2, 0.25) is 0 Å². The Kier molecular flexibility index (Phi) is 5.75. The van der Waals surface area contributed by atoms with Gasteiger partial charge < -0.3 is 10.6 Å². The average molecular weight is 369 g/mol. The van der Waals surface area contributed by atoms with E-state index in [2.05, 4.69) is 20.6 Å². The molecular weight excluding hydrogens is 350 g/mol. The second-order valence-electron chi connectivity index (χ2n) is 5.77. The van der Waals surface area contributed by atoms with Crippen LogP contribution in [-0.2, 0) is 13.0 Å². The molecule has 0 spiro atoms. The largest absolute Gasteiger partial charge is 0.364 e. The van der Waals surface area contributed by atoms with Crippen LogP contribution >= 0.6 is 11.3 Å². The van der Waals surface area contributed by atoms with E-state index in [0.29, 0.717) is 13.1 Å². The van der Waals surface area contributed by atoms with E-state index in [-0.39, 0.29) is 17.3 Å². The number of thiophene rings is 1. The fourth-order valence-corrected chi connectivity index (χ4v) is 3.17. The molecule has 0 radical (unpaired) electrons. The molecule has 0 saturated carbocycles. The minimum absolute atomic E-state index is 0.134. The highest BCUT2D eigenvalue weighted by Gasteiger charge is 2.22. The van der Waals surface area contributed by atoms with Gasteiger partial charge in [-0.15, -0.1) is 11.3 Å². The summed E-state index contributed by atoms with van der Waals surface area (Å²) in [4.78, 5) is 20.4. The SMILES string of the molecule is Cc1ccc(CNc2ncnc(NCCc3cccs3)c2[N+](=O)[O-])cc1. The van der Waals surface area contributed by atoms with Gasteiger partial charge in [0, 0.05) is 18.0 Å². The molecule has 0 aliphatic carbocycles. The summed E-state index contributed by atoms with van der Waals surface area (Å²) in [6, 6.07) is 12.0. The summed E-state index contributed by atoms with van der Waals surface area (Å²) in [6.45, 7) is 3.03. The molecule has 7 nitrogen and oxygen atoms in total. The van der Waals surface area contributed by atoms with Crippen molar-refractivity contribution in [2.24, 2.45) is 0 Å². The molecule has 134 valence electrons. The molecule has 0 bridgehead atoms. The highest BCUT2D eigenvalue weighted by Crippen LogP contribution is 2.29. The lowest BCUT2D eigenvalue weighted by molar-refractivity contribution is -0.383. The predicted molar refractivity (Wildman–Crippen MR) is 104 cm³/mol. The third-order valence-electron chi connectivity index (χ3n) is 3.83. The van der Waals surface area contributed by atoms with Crippen LogP contribution in [0.4, 0.5) is 17.3 Å². The monoisotopic (exact) mass is 369 g/mol. The molecule has 0 fully saturated rings. The van der Waals surface area contributed by atoms with Gasteiger partial charge in [-0.3, -0.25) is 10.1 Å². The first-order chi connectivity index (χ1) is 12.6. The number of nitrogens with zero attached hydrogens (tertiary/aromatic N) is 3. The lowest BCUT2D eigenvalue weighted by Crippen LogP contribution is -2.11. The van der Waals surface area contributed by atoms with Crippen LogP contribution in [0.25, 0.3) is 0 Å². The lowest BCUT2D eigenvalue weighted by atomic mass is 10.1. The van der Waals surface area contributed by atoms with Crippen molar-refractivity contribution >= 4 is 28.7 Å². The molecule has 0 aliphatic heterocycles. The second-order valence-corrected chi connectivity index (χ2v) is 6.80. The lowest BCUT2D eigenvalue weighted by Gasteiger charge is -2.10. The molecule has 2 N–H and O–H groups in total. The van der Waals surface area contributed by atoms with Crippen LogP contribution in [-0.4, -0.2) is 21.4 Å². The van der Waals surface area contributed by atoms with Crippen molar-refractivity contribution in [2.75, 3.05) is 17.2 Å². The molecule has 2 aromatic heterocycles. The Labute approximate surface area is 155 Å². The van der Waals surface area contributed by atoms with Gasteiger partial charge in [-0.1, -0.05) is 35.9 Å². The Balaban J connectivity index is 1.70. The smallest absolute Gasteiger partial charge is 0.353 e. The van der Waals surface area contributed by atoms with Crippen molar-refractivity contribution in [2.45, 2.75) is 19.9 Å². The predicted octanol–water partition coefficient (Wildman–Crippen LogP) is 4.02. The first-order valence-electron chi connectivity index (χ1n) is 8.18. The quantitative estimate of drug-likeness (QED) is 0.460. The maximum absolute atomic E-state index is 11.5. The van der Waals surface area contributed by atoms with Gasteiger partial charge in [-0.25, -0.2) is 9.97 Å². The van der Waals surface area contributed by atoms with Crippen molar-refractivity contribution in [1.29, 1.82) is 0 Å². The molecule has 3 aromatic rings. The summed E-state index contributed by atoms with van der Waals surface area (Å²) in [5, 5.41) is 19.6. The minimum Gasteiger partial charge on any atom is -0.364 e. The summed E-state index contributed by atoms with van der Waals surface area (Å²) in [6.07, 6.45) is 2.11. The number of hydrogen-bond donors (Lipinski definition) is 2. The standard InChI is InChI=1S/C18H19N5O2S/c1-13-4-6-14(7-5-13)11-20-18-16(23(24)25)17(21-12-22-18)19-9-8-15-3-2-10-26-15/h2-7,10,12H,8-9,11H2,1H3,(H2,19,20,21,22). The van der Waals surface area contributed by atoms with Gasteiger partial charge in [0.05, 0.1) is 4.92 Å². The maximum Gasteiger partial charge on any atom is 0.353 e. The van der Waals surface area contributed by atoms with E-state index in [9.17, 15) is 10.1 Å². The van der Waals surface area contributed by atoms with E-state index in [0.717, 1.165) is 12.0 Å². The molecular formula is C18H19N5O2S. The van der Waals surface area contributed by atoms with E-state index < -0.39 is 4.92 Å². The van der Waals surface area contributed by atoms with Crippen molar-refractivity contribution in [3.05, 3.63) is 74.2 Å². The van der Waals surface area contributed by atoms with Gasteiger partial charge in [0.25, 0.3) is 0 Å². The Bertz CT molecular complexity index is 866. The topological polar surface area (TPSA) is 93.0 Å². The number of nitrogens with one attached hydrogen (secondary N) is 2. The molecule has 0 saturated heterocycles. The summed E-state index contributed by atoms with van der Waals surface area (Å²) >= 11 is 1.66. The van der Waals surface area contributed by atoms with Crippen LogP contribution in [0.15, 0.2) is 48.1 Å². The molecule has 26 heavy (non-hydrogen) atoms. The Morgan fingerprint density at radius 3 is 2.50 bits per heavy atom. The zero-order chi connectivity index (χ0) is 18.4. The number of rotatable bonds is 8. The van der Waals surface area contributed by atoms with Gasteiger partial charge in [0.2, 0.25) is 11.6 Å². The molecule has 8 heteroatoms. The van der Waals surface area contributed by atoms with Crippen molar-refractivity contribution in [3.63, 3.8) is 0 Å². The van der Waals surface area contributed by atoms with Crippen LogP contribution in [0.1, 0.15) is 16.0 Å². The van der Waals surface area contributed by atoms with E-state index in [4.69, 9.17) is 0 Å². The van der Waals surface area contributed by atoms with Gasteiger partial charge in [0.15, 0.2) is 0 Å². The zero-order valence-corrected chi connectivity index (χ0v) is 15.1. The van der Waals surface area contributed by atoms with Gasteiger partial charge in [-0.2, -0.15) is 0 Å². The summed E-state index contributed by atoms with van der Waals surface area (Å²) in [5.74, 6) is 0.442. The molecule has 0 amide bonds. The number of anilines is 2. The number of benzene rings is 1. The molecule has 0 unspecified atom stereocenters. The molecule has 0 atom stereocenters. The third-order valence-corrected chi connectivity index (χ3v) is 4.77. The highest BCUT2D eigenvalue weighted by molar-refractivity contribution is 7.09. The van der Waals surface area contributed by atoms with Gasteiger partial charge in [-0.05, 0) is 30.4 Å². The normalized spacial score (nSPS) is 10.5. The second kappa shape index (κ2) is 8.39. The van der Waals surface area contributed by atoms with Crippen LogP contribution in [0, 0.1) is 17.0 Å².